The van der Waals surface area contributed by atoms with Crippen LogP contribution in [0.5, 0.6) is 5.75 Å². The highest BCUT2D eigenvalue weighted by atomic mass is 16.7. The van der Waals surface area contributed by atoms with Crippen molar-refractivity contribution in [1.82, 2.24) is 4.98 Å². The van der Waals surface area contributed by atoms with Gasteiger partial charge in [-0.25, -0.2) is 0 Å². The molecule has 2 heterocycles. The molecule has 2 fully saturated rings. The zero-order valence-electron chi connectivity index (χ0n) is 13.4. The molecular formula is C15H21BN2O4. The van der Waals surface area contributed by atoms with E-state index in [0.717, 1.165) is 12.8 Å². The van der Waals surface area contributed by atoms with Gasteiger partial charge in [-0.1, -0.05) is 0 Å². The molecule has 118 valence electrons. The monoisotopic (exact) mass is 304 g/mol. The summed E-state index contributed by atoms with van der Waals surface area (Å²) in [7, 11) is -0.727. The van der Waals surface area contributed by atoms with Crippen LogP contribution in [0, 0.1) is 0 Å². The van der Waals surface area contributed by atoms with E-state index in [4.69, 9.17) is 19.8 Å². The number of primary amides is 1. The fourth-order valence-electron chi connectivity index (χ4n) is 2.31. The maximum Gasteiger partial charge on any atom is 0.501 e. The lowest BCUT2D eigenvalue weighted by Gasteiger charge is -2.32. The highest BCUT2D eigenvalue weighted by Crippen LogP contribution is 2.37. The van der Waals surface area contributed by atoms with Crippen molar-refractivity contribution in [2.45, 2.75) is 57.8 Å². The van der Waals surface area contributed by atoms with Crippen LogP contribution in [0.3, 0.4) is 0 Å². The second kappa shape index (κ2) is 4.96. The standard InChI is InChI=1S/C15H21BN2O4/c1-14(2)15(3,4)22-16(21-14)11-10(20-9-5-6-9)7-8-18-12(11)13(17)19/h7-9H,5-6H2,1-4H3,(H2,17,19). The molecular weight excluding hydrogens is 283 g/mol. The quantitative estimate of drug-likeness (QED) is 0.840. The third kappa shape index (κ3) is 2.59. The minimum Gasteiger partial charge on any atom is -0.491 e. The molecule has 0 aromatic carbocycles. The molecule has 1 aromatic heterocycles. The van der Waals surface area contributed by atoms with Crippen LogP contribution in [0.1, 0.15) is 51.0 Å². The number of nitrogens with two attached hydrogens (primary N) is 1. The molecule has 0 bridgehead atoms. The van der Waals surface area contributed by atoms with Crippen molar-refractivity contribution in [2.75, 3.05) is 0 Å². The van der Waals surface area contributed by atoms with E-state index in [1.807, 2.05) is 27.7 Å². The molecule has 0 radical (unpaired) electrons. The molecule has 1 saturated carbocycles. The van der Waals surface area contributed by atoms with Gasteiger partial charge in [-0.3, -0.25) is 9.78 Å². The molecule has 1 aliphatic heterocycles. The van der Waals surface area contributed by atoms with E-state index in [1.54, 1.807) is 6.07 Å². The number of pyridine rings is 1. The molecule has 22 heavy (non-hydrogen) atoms. The van der Waals surface area contributed by atoms with E-state index in [-0.39, 0.29) is 11.8 Å². The molecule has 6 nitrogen and oxygen atoms in total. The van der Waals surface area contributed by atoms with Crippen molar-refractivity contribution >= 4 is 18.5 Å². The number of rotatable bonds is 4. The van der Waals surface area contributed by atoms with E-state index in [9.17, 15) is 4.79 Å². The molecule has 3 rings (SSSR count). The number of carbonyl (C=O) groups excluding carboxylic acids is 1. The Morgan fingerprint density at radius 2 is 1.91 bits per heavy atom. The topological polar surface area (TPSA) is 83.7 Å². The Bertz CT molecular complexity index is 598. The zero-order chi connectivity index (χ0) is 16.1. The molecule has 2 aliphatic rings. The van der Waals surface area contributed by atoms with Crippen molar-refractivity contribution < 1.29 is 18.8 Å². The van der Waals surface area contributed by atoms with Crippen LogP contribution < -0.4 is 15.9 Å². The van der Waals surface area contributed by atoms with Crippen molar-refractivity contribution in [3.8, 4) is 5.75 Å². The SMILES string of the molecule is CC1(C)OB(c2c(OC3CC3)ccnc2C(N)=O)OC1(C)C. The largest absolute Gasteiger partial charge is 0.501 e. The van der Waals surface area contributed by atoms with Gasteiger partial charge in [0.05, 0.1) is 22.8 Å². The summed E-state index contributed by atoms with van der Waals surface area (Å²) in [5.74, 6) is -0.0595. The Balaban J connectivity index is 2.02. The maximum absolute atomic E-state index is 11.7. The number of hydrogen-bond acceptors (Lipinski definition) is 5. The number of amides is 1. The van der Waals surface area contributed by atoms with Gasteiger partial charge >= 0.3 is 7.12 Å². The van der Waals surface area contributed by atoms with Gasteiger partial charge in [-0.15, -0.1) is 0 Å². The van der Waals surface area contributed by atoms with Gasteiger partial charge in [-0.2, -0.15) is 0 Å². The minimum atomic E-state index is -0.727. The van der Waals surface area contributed by atoms with Crippen LogP contribution in [0.15, 0.2) is 12.3 Å². The fraction of sp³-hybridized carbons (Fsp3) is 0.600. The summed E-state index contributed by atoms with van der Waals surface area (Å²) in [6.45, 7) is 7.81. The first-order valence-corrected chi connectivity index (χ1v) is 7.52. The summed E-state index contributed by atoms with van der Waals surface area (Å²) < 4.78 is 18.0. The lowest BCUT2D eigenvalue weighted by Crippen LogP contribution is -2.41. The first-order valence-electron chi connectivity index (χ1n) is 7.52. The van der Waals surface area contributed by atoms with Crippen molar-refractivity contribution in [3.05, 3.63) is 18.0 Å². The van der Waals surface area contributed by atoms with Crippen molar-refractivity contribution in [2.24, 2.45) is 5.73 Å². The molecule has 7 heteroatoms. The predicted octanol–water partition coefficient (Wildman–Crippen LogP) is 1.02. The summed E-state index contributed by atoms with van der Waals surface area (Å²) in [6.07, 6.45) is 3.73. The molecule has 2 N–H and O–H groups in total. The van der Waals surface area contributed by atoms with Crippen LogP contribution in [-0.2, 0) is 9.31 Å². The molecule has 0 atom stereocenters. The zero-order valence-corrected chi connectivity index (χ0v) is 13.4. The summed E-state index contributed by atoms with van der Waals surface area (Å²) >= 11 is 0. The van der Waals surface area contributed by atoms with E-state index >= 15 is 0 Å². The average Bonchev–Trinajstić information content (AvgIpc) is 3.17. The van der Waals surface area contributed by atoms with Crippen molar-refractivity contribution in [1.29, 1.82) is 0 Å². The van der Waals surface area contributed by atoms with Crippen LogP contribution in [0.25, 0.3) is 0 Å². The smallest absolute Gasteiger partial charge is 0.491 e. The minimum absolute atomic E-state index is 0.136. The van der Waals surface area contributed by atoms with E-state index in [1.165, 1.54) is 6.20 Å². The molecule has 0 unspecified atom stereocenters. The number of nitrogens with zero attached hydrogens (tertiary/aromatic N) is 1. The van der Waals surface area contributed by atoms with Crippen molar-refractivity contribution in [3.63, 3.8) is 0 Å². The summed E-state index contributed by atoms with van der Waals surface area (Å²) in [6, 6.07) is 1.73. The van der Waals surface area contributed by atoms with E-state index in [2.05, 4.69) is 4.98 Å². The normalized spacial score (nSPS) is 22.6. The Kier molecular flexibility index (Phi) is 3.45. The molecule has 0 spiro atoms. The summed E-state index contributed by atoms with van der Waals surface area (Å²) in [5.41, 5.74) is 5.06. The molecule has 1 aliphatic carbocycles. The van der Waals surface area contributed by atoms with Crippen LogP contribution in [0.4, 0.5) is 0 Å². The van der Waals surface area contributed by atoms with Gasteiger partial charge in [0.25, 0.3) is 5.91 Å². The first-order chi connectivity index (χ1) is 10.2. The van der Waals surface area contributed by atoms with E-state index in [0.29, 0.717) is 11.2 Å². The molecule has 1 saturated heterocycles. The highest BCUT2D eigenvalue weighted by Gasteiger charge is 2.53. The summed E-state index contributed by atoms with van der Waals surface area (Å²) in [5, 5.41) is 0. The third-order valence-electron chi connectivity index (χ3n) is 4.49. The van der Waals surface area contributed by atoms with Gasteiger partial charge in [-0.05, 0) is 46.6 Å². The Morgan fingerprint density at radius 3 is 2.41 bits per heavy atom. The van der Waals surface area contributed by atoms with Gasteiger partial charge in [0.15, 0.2) is 0 Å². The third-order valence-corrected chi connectivity index (χ3v) is 4.49. The maximum atomic E-state index is 11.7. The molecule has 1 aromatic rings. The van der Waals surface area contributed by atoms with Crippen LogP contribution in [-0.4, -0.2) is 35.3 Å². The number of hydrogen-bond donors (Lipinski definition) is 1. The number of carbonyl (C=O) groups is 1. The average molecular weight is 304 g/mol. The molecule has 1 amide bonds. The second-order valence-corrected chi connectivity index (χ2v) is 6.84. The highest BCUT2D eigenvalue weighted by molar-refractivity contribution is 6.64. The van der Waals surface area contributed by atoms with Gasteiger partial charge in [0, 0.05) is 6.20 Å². The Morgan fingerprint density at radius 1 is 1.32 bits per heavy atom. The predicted molar refractivity (Wildman–Crippen MR) is 82.1 cm³/mol. The number of ether oxygens (including phenoxy) is 1. The number of aromatic nitrogens is 1. The Hall–Kier alpha value is -1.60. The fourth-order valence-corrected chi connectivity index (χ4v) is 2.31. The lowest BCUT2D eigenvalue weighted by atomic mass is 9.76. The van der Waals surface area contributed by atoms with Gasteiger partial charge < -0.3 is 19.8 Å². The second-order valence-electron chi connectivity index (χ2n) is 6.84. The van der Waals surface area contributed by atoms with Crippen LogP contribution >= 0.6 is 0 Å². The lowest BCUT2D eigenvalue weighted by molar-refractivity contribution is 0.00578. The first kappa shape index (κ1) is 15.3. The Labute approximate surface area is 130 Å². The van der Waals surface area contributed by atoms with Gasteiger partial charge in [0.2, 0.25) is 0 Å². The van der Waals surface area contributed by atoms with Gasteiger partial charge in [0.1, 0.15) is 11.4 Å². The van der Waals surface area contributed by atoms with Crippen LogP contribution in [0.2, 0.25) is 0 Å². The summed E-state index contributed by atoms with van der Waals surface area (Å²) in [4.78, 5) is 15.8. The van der Waals surface area contributed by atoms with E-state index < -0.39 is 24.2 Å².